The first kappa shape index (κ1) is 24.7. The Morgan fingerprint density at radius 1 is 1.17 bits per heavy atom. The number of carbonyl (C=O) groups is 1. The predicted molar refractivity (Wildman–Crippen MR) is 114 cm³/mol. The number of benzene rings is 2. The Balaban J connectivity index is 1.81. The minimum absolute atomic E-state index is 0.295. The first-order valence-electron chi connectivity index (χ1n) is 10.1. The number of hydrogen-bond donors (Lipinski definition) is 1. The number of anilines is 1. The fourth-order valence-corrected chi connectivity index (χ4v) is 4.18. The highest BCUT2D eigenvalue weighted by Gasteiger charge is 2.39. The van der Waals surface area contributed by atoms with Crippen LogP contribution in [-0.4, -0.2) is 38.3 Å². The monoisotopic (exact) mass is 518 g/mol. The molecule has 2 heterocycles. The maximum Gasteiger partial charge on any atom is 0.425 e. The van der Waals surface area contributed by atoms with Crippen molar-refractivity contribution in [1.82, 2.24) is 14.3 Å². The number of ether oxygens (including phenoxy) is 1. The van der Waals surface area contributed by atoms with Gasteiger partial charge in [-0.25, -0.2) is 18.0 Å². The second-order valence-electron chi connectivity index (χ2n) is 7.48. The first-order valence-corrected chi connectivity index (χ1v) is 11.1. The zero-order valence-electron chi connectivity index (χ0n) is 17.8. The van der Waals surface area contributed by atoms with Gasteiger partial charge in [-0.15, -0.1) is 5.10 Å². The number of fused-ring (bicyclic) bond motifs is 1. The van der Waals surface area contributed by atoms with Gasteiger partial charge in [0.1, 0.15) is 34.6 Å². The van der Waals surface area contributed by atoms with Crippen LogP contribution in [0.1, 0.15) is 23.7 Å². The number of halogens is 6. The molecule has 14 heteroatoms. The normalized spacial score (nSPS) is 14.4. The number of aromatic nitrogens is 3. The number of nitrogens with one attached hydrogen (secondary N) is 1. The standard InChI is InChI=1S/C21H16F6N4O3S/c1-10(21(25,26)27)34-16-9-15(31-20(33)30-6-3-7-35-19(30)29-31)14(24)8-11(16)18(32)28-17-12(22)4-2-5-13(17)23/h2,4-5,8-10H,3,6-7H2,1H3,(H,28,32)/t10-/m0/s1. The molecule has 0 bridgehead atoms. The van der Waals surface area contributed by atoms with Crippen molar-refractivity contribution in [2.24, 2.45) is 0 Å². The first-order chi connectivity index (χ1) is 16.5. The molecule has 1 aromatic heterocycles. The summed E-state index contributed by atoms with van der Waals surface area (Å²) in [5.41, 5.74) is -2.95. The van der Waals surface area contributed by atoms with Crippen LogP contribution in [0, 0.1) is 17.5 Å². The fourth-order valence-electron chi connectivity index (χ4n) is 3.25. The molecule has 7 nitrogen and oxygen atoms in total. The van der Waals surface area contributed by atoms with E-state index in [0.29, 0.717) is 41.5 Å². The van der Waals surface area contributed by atoms with Crippen molar-refractivity contribution in [3.05, 3.63) is 63.8 Å². The Morgan fingerprint density at radius 3 is 2.49 bits per heavy atom. The van der Waals surface area contributed by atoms with E-state index in [2.05, 4.69) is 5.10 Å². The number of nitrogens with zero attached hydrogens (tertiary/aromatic N) is 3. The van der Waals surface area contributed by atoms with Crippen LogP contribution in [0.5, 0.6) is 5.75 Å². The van der Waals surface area contributed by atoms with Crippen molar-refractivity contribution in [2.45, 2.75) is 37.3 Å². The molecule has 0 unspecified atom stereocenters. The second kappa shape index (κ2) is 9.32. The summed E-state index contributed by atoms with van der Waals surface area (Å²) in [6.45, 7) is 0.978. The maximum absolute atomic E-state index is 15.1. The largest absolute Gasteiger partial charge is 0.480 e. The van der Waals surface area contributed by atoms with Crippen LogP contribution in [0.3, 0.4) is 0 Å². The fraction of sp³-hybridized carbons (Fsp3) is 0.286. The van der Waals surface area contributed by atoms with Gasteiger partial charge in [0.15, 0.2) is 11.3 Å². The van der Waals surface area contributed by atoms with Gasteiger partial charge in [-0.2, -0.15) is 17.9 Å². The van der Waals surface area contributed by atoms with Gasteiger partial charge in [-0.3, -0.25) is 9.36 Å². The van der Waals surface area contributed by atoms with Crippen LogP contribution in [-0.2, 0) is 6.54 Å². The molecular weight excluding hydrogens is 502 g/mol. The molecule has 2 aromatic carbocycles. The Hall–Kier alpha value is -3.42. The van der Waals surface area contributed by atoms with E-state index in [4.69, 9.17) is 4.74 Å². The highest BCUT2D eigenvalue weighted by atomic mass is 32.2. The van der Waals surface area contributed by atoms with E-state index < -0.39 is 64.0 Å². The number of amides is 1. The molecule has 0 aliphatic carbocycles. The Labute approximate surface area is 197 Å². The SMILES string of the molecule is C[C@H](Oc1cc(-n2nc3n(c2=O)CCCS3)c(F)cc1C(=O)Nc1c(F)cccc1F)C(F)(F)F. The van der Waals surface area contributed by atoms with Gasteiger partial charge in [0.25, 0.3) is 5.91 Å². The van der Waals surface area contributed by atoms with Gasteiger partial charge in [0, 0.05) is 18.4 Å². The van der Waals surface area contributed by atoms with E-state index in [-0.39, 0.29) is 0 Å². The highest BCUT2D eigenvalue weighted by molar-refractivity contribution is 7.99. The van der Waals surface area contributed by atoms with Crippen LogP contribution in [0.15, 0.2) is 40.3 Å². The van der Waals surface area contributed by atoms with Crippen molar-refractivity contribution < 1.29 is 35.9 Å². The van der Waals surface area contributed by atoms with Crippen molar-refractivity contribution >= 4 is 23.4 Å². The minimum Gasteiger partial charge on any atom is -0.480 e. The molecule has 1 aliphatic rings. The molecule has 3 aromatic rings. The zero-order valence-corrected chi connectivity index (χ0v) is 18.6. The van der Waals surface area contributed by atoms with Gasteiger partial charge >= 0.3 is 11.9 Å². The van der Waals surface area contributed by atoms with Gasteiger partial charge < -0.3 is 10.1 Å². The summed E-state index contributed by atoms with van der Waals surface area (Å²) in [4.78, 5) is 25.4. The minimum atomic E-state index is -4.86. The van der Waals surface area contributed by atoms with E-state index in [0.717, 1.165) is 24.3 Å². The Morgan fingerprint density at radius 2 is 1.86 bits per heavy atom. The molecule has 1 N–H and O–H groups in total. The molecular formula is C21H16F6N4O3S. The lowest BCUT2D eigenvalue weighted by Gasteiger charge is -2.20. The van der Waals surface area contributed by atoms with Crippen LogP contribution in [0.25, 0.3) is 5.69 Å². The van der Waals surface area contributed by atoms with Crippen LogP contribution >= 0.6 is 11.8 Å². The van der Waals surface area contributed by atoms with Gasteiger partial charge in [-0.05, 0) is 31.5 Å². The Bertz CT molecular complexity index is 1330. The lowest BCUT2D eigenvalue weighted by atomic mass is 10.1. The smallest absolute Gasteiger partial charge is 0.425 e. The lowest BCUT2D eigenvalue weighted by Crippen LogP contribution is -2.32. The van der Waals surface area contributed by atoms with Crippen molar-refractivity contribution in [1.29, 1.82) is 0 Å². The molecule has 1 atom stereocenters. The quantitative estimate of drug-likeness (QED) is 0.503. The molecule has 0 saturated carbocycles. The number of rotatable bonds is 5. The van der Waals surface area contributed by atoms with Crippen LogP contribution in [0.2, 0.25) is 0 Å². The molecule has 0 saturated heterocycles. The highest BCUT2D eigenvalue weighted by Crippen LogP contribution is 2.32. The molecule has 0 radical (unpaired) electrons. The molecule has 4 rings (SSSR count). The second-order valence-corrected chi connectivity index (χ2v) is 8.54. The topological polar surface area (TPSA) is 78.2 Å². The van der Waals surface area contributed by atoms with E-state index in [1.807, 2.05) is 5.32 Å². The molecule has 1 amide bonds. The number of para-hydroxylation sites is 1. The van der Waals surface area contributed by atoms with E-state index in [1.54, 1.807) is 0 Å². The summed E-state index contributed by atoms with van der Waals surface area (Å²) >= 11 is 1.25. The molecule has 0 fully saturated rings. The summed E-state index contributed by atoms with van der Waals surface area (Å²) in [6, 6.07) is 3.96. The number of thioether (sulfide) groups is 1. The van der Waals surface area contributed by atoms with Crippen LogP contribution in [0.4, 0.5) is 32.0 Å². The molecule has 0 spiro atoms. The molecule has 1 aliphatic heterocycles. The summed E-state index contributed by atoms with van der Waals surface area (Å²) in [7, 11) is 0. The number of hydrogen-bond acceptors (Lipinski definition) is 5. The van der Waals surface area contributed by atoms with E-state index in [1.165, 1.54) is 16.3 Å². The Kier molecular flexibility index (Phi) is 6.58. The number of carbonyl (C=O) groups excluding carboxylic acids is 1. The van der Waals surface area contributed by atoms with Gasteiger partial charge in [0.2, 0.25) is 0 Å². The lowest BCUT2D eigenvalue weighted by molar-refractivity contribution is -0.189. The average molecular weight is 518 g/mol. The van der Waals surface area contributed by atoms with E-state index in [9.17, 15) is 31.5 Å². The van der Waals surface area contributed by atoms with Crippen molar-refractivity contribution in [2.75, 3.05) is 11.1 Å². The summed E-state index contributed by atoms with van der Waals surface area (Å²) in [5.74, 6) is -4.95. The van der Waals surface area contributed by atoms with Crippen LogP contribution < -0.4 is 15.7 Å². The summed E-state index contributed by atoms with van der Waals surface area (Å²) < 4.78 is 89.3. The van der Waals surface area contributed by atoms with Gasteiger partial charge in [-0.1, -0.05) is 17.8 Å². The average Bonchev–Trinajstić information content (AvgIpc) is 3.13. The predicted octanol–water partition coefficient (Wildman–Crippen LogP) is 4.53. The summed E-state index contributed by atoms with van der Waals surface area (Å²) in [5, 5.41) is 6.20. The maximum atomic E-state index is 15.1. The zero-order chi connectivity index (χ0) is 25.5. The van der Waals surface area contributed by atoms with E-state index >= 15 is 4.39 Å². The van der Waals surface area contributed by atoms with Crippen molar-refractivity contribution in [3.8, 4) is 11.4 Å². The molecule has 35 heavy (non-hydrogen) atoms. The third-order valence-corrected chi connectivity index (χ3v) is 6.13. The third-order valence-electron chi connectivity index (χ3n) is 5.07. The summed E-state index contributed by atoms with van der Waals surface area (Å²) in [6.07, 6.45) is -6.64. The van der Waals surface area contributed by atoms with Gasteiger partial charge in [0.05, 0.1) is 5.56 Å². The van der Waals surface area contributed by atoms with Crippen molar-refractivity contribution in [3.63, 3.8) is 0 Å². The third kappa shape index (κ3) is 4.88. The number of alkyl halides is 3. The molecule has 186 valence electrons.